The van der Waals surface area contributed by atoms with Crippen molar-refractivity contribution in [3.63, 3.8) is 0 Å². The molecule has 0 spiro atoms. The van der Waals surface area contributed by atoms with Crippen LogP contribution in [0, 0.1) is 5.82 Å². The van der Waals surface area contributed by atoms with Crippen LogP contribution in [-0.2, 0) is 0 Å². The lowest BCUT2D eigenvalue weighted by atomic mass is 9.92. The Balaban J connectivity index is 1.50. The van der Waals surface area contributed by atoms with Crippen molar-refractivity contribution in [2.24, 2.45) is 0 Å². The van der Waals surface area contributed by atoms with Crippen LogP contribution in [0.5, 0.6) is 0 Å². The number of pyridine rings is 1. The lowest BCUT2D eigenvalue weighted by Crippen LogP contribution is -2.29. The number of rotatable bonds is 10. The van der Waals surface area contributed by atoms with Crippen molar-refractivity contribution in [3.05, 3.63) is 72.4 Å². The minimum absolute atomic E-state index is 0.216. The fourth-order valence-electron chi connectivity index (χ4n) is 4.61. The third-order valence-electron chi connectivity index (χ3n) is 6.45. The van der Waals surface area contributed by atoms with Crippen molar-refractivity contribution in [3.8, 4) is 22.4 Å². The van der Waals surface area contributed by atoms with Crippen molar-refractivity contribution >= 4 is 5.57 Å². The fourth-order valence-corrected chi connectivity index (χ4v) is 4.61. The van der Waals surface area contributed by atoms with E-state index in [1.54, 1.807) is 0 Å². The maximum Gasteiger partial charge on any atom is 0.123 e. The van der Waals surface area contributed by atoms with Crippen LogP contribution in [-0.4, -0.2) is 34.5 Å². The zero-order valence-electron chi connectivity index (χ0n) is 19.1. The van der Waals surface area contributed by atoms with Gasteiger partial charge in [-0.25, -0.2) is 4.39 Å². The van der Waals surface area contributed by atoms with Gasteiger partial charge in [-0.3, -0.25) is 9.88 Å². The first-order valence-corrected chi connectivity index (χ1v) is 12.1. The van der Waals surface area contributed by atoms with Crippen molar-refractivity contribution in [1.29, 1.82) is 0 Å². The molecule has 0 radical (unpaired) electrons. The molecule has 4 rings (SSSR count). The van der Waals surface area contributed by atoms with Gasteiger partial charge in [0.05, 0.1) is 5.69 Å². The molecule has 1 N–H and O–H groups in total. The van der Waals surface area contributed by atoms with Gasteiger partial charge in [-0.05, 0) is 72.5 Å². The molecule has 1 aliphatic heterocycles. The van der Waals surface area contributed by atoms with Gasteiger partial charge in [-0.15, -0.1) is 0 Å². The summed E-state index contributed by atoms with van der Waals surface area (Å²) < 4.78 is 13.5. The van der Waals surface area contributed by atoms with Crippen molar-refractivity contribution in [1.82, 2.24) is 14.9 Å². The van der Waals surface area contributed by atoms with E-state index in [4.69, 9.17) is 0 Å². The molecule has 0 saturated heterocycles. The molecule has 0 aliphatic carbocycles. The molecule has 0 saturated carbocycles. The van der Waals surface area contributed by atoms with E-state index >= 15 is 0 Å². The predicted octanol–water partition coefficient (Wildman–Crippen LogP) is 7.33. The van der Waals surface area contributed by atoms with E-state index in [0.29, 0.717) is 0 Å². The first-order valence-electron chi connectivity index (χ1n) is 12.1. The number of halogens is 1. The summed E-state index contributed by atoms with van der Waals surface area (Å²) in [4.78, 5) is 10.2. The number of H-pyrrole nitrogens is 1. The molecule has 0 amide bonds. The van der Waals surface area contributed by atoms with Crippen molar-refractivity contribution in [2.45, 2.75) is 51.9 Å². The fraction of sp³-hybridized carbons (Fsp3) is 0.393. The number of benzene rings is 1. The van der Waals surface area contributed by atoms with E-state index in [9.17, 15) is 4.39 Å². The molecule has 3 aromatic rings. The molecule has 0 fully saturated rings. The summed E-state index contributed by atoms with van der Waals surface area (Å²) in [6.07, 6.45) is 17.3. The Hall–Kier alpha value is -2.72. The van der Waals surface area contributed by atoms with Crippen molar-refractivity contribution < 1.29 is 4.39 Å². The first-order chi connectivity index (χ1) is 15.8. The Morgan fingerprint density at radius 1 is 0.938 bits per heavy atom. The van der Waals surface area contributed by atoms with Gasteiger partial charge in [0.1, 0.15) is 5.82 Å². The number of hydrogen-bond donors (Lipinski definition) is 1. The summed E-state index contributed by atoms with van der Waals surface area (Å²) in [5, 5.41) is 0. The van der Waals surface area contributed by atoms with Crippen LogP contribution in [0.3, 0.4) is 0 Å². The van der Waals surface area contributed by atoms with Crippen LogP contribution in [0.4, 0.5) is 4.39 Å². The molecule has 3 nitrogen and oxygen atoms in total. The van der Waals surface area contributed by atoms with Crippen LogP contribution in [0.15, 0.2) is 61.1 Å². The summed E-state index contributed by atoms with van der Waals surface area (Å²) in [6, 6.07) is 10.8. The molecule has 32 heavy (non-hydrogen) atoms. The highest BCUT2D eigenvalue weighted by atomic mass is 19.1. The van der Waals surface area contributed by atoms with Crippen LogP contribution < -0.4 is 0 Å². The Morgan fingerprint density at radius 3 is 2.41 bits per heavy atom. The predicted molar refractivity (Wildman–Crippen MR) is 132 cm³/mol. The molecule has 0 unspecified atom stereocenters. The van der Waals surface area contributed by atoms with Crippen LogP contribution in [0.1, 0.15) is 57.4 Å². The van der Waals surface area contributed by atoms with Gasteiger partial charge in [0, 0.05) is 42.8 Å². The zero-order chi connectivity index (χ0) is 22.2. The van der Waals surface area contributed by atoms with Crippen LogP contribution in [0.25, 0.3) is 28.0 Å². The highest BCUT2D eigenvalue weighted by molar-refractivity contribution is 5.91. The van der Waals surface area contributed by atoms with Gasteiger partial charge in [-0.1, -0.05) is 45.1 Å². The summed E-state index contributed by atoms with van der Waals surface area (Å²) in [6.45, 7) is 5.58. The van der Waals surface area contributed by atoms with Gasteiger partial charge in [-0.2, -0.15) is 0 Å². The molecule has 0 bridgehead atoms. The molecule has 0 atom stereocenters. The minimum atomic E-state index is -0.216. The van der Waals surface area contributed by atoms with Crippen LogP contribution >= 0.6 is 0 Å². The lowest BCUT2D eigenvalue weighted by Gasteiger charge is -2.26. The maximum atomic E-state index is 13.5. The standard InChI is InChI=1S/C28H34FN3/c1-2-3-4-5-6-7-18-32-19-14-22(15-20-32)26-21-31-28(24-8-10-25(29)11-9-24)27(26)23-12-16-30-17-13-23/h8-14,16-17,21,31H,2-7,15,18-20H2,1H3. The maximum absolute atomic E-state index is 13.5. The van der Waals surface area contributed by atoms with Crippen LogP contribution in [0.2, 0.25) is 0 Å². The number of nitrogens with zero attached hydrogens (tertiary/aromatic N) is 2. The average Bonchev–Trinajstić information content (AvgIpc) is 3.28. The Kier molecular flexibility index (Phi) is 7.89. The molecule has 3 heterocycles. The van der Waals surface area contributed by atoms with E-state index in [2.05, 4.69) is 34.1 Å². The molecule has 1 aliphatic rings. The summed E-state index contributed by atoms with van der Waals surface area (Å²) >= 11 is 0. The van der Waals surface area contributed by atoms with E-state index in [1.165, 1.54) is 73.9 Å². The minimum Gasteiger partial charge on any atom is -0.360 e. The van der Waals surface area contributed by atoms with Gasteiger partial charge in [0.25, 0.3) is 0 Å². The Labute approximate surface area is 191 Å². The Morgan fingerprint density at radius 2 is 1.69 bits per heavy atom. The highest BCUT2D eigenvalue weighted by Gasteiger charge is 2.20. The number of aromatic nitrogens is 2. The SMILES string of the molecule is CCCCCCCCN1CC=C(c2c[nH]c(-c3ccc(F)cc3)c2-c2ccncc2)CC1. The largest absolute Gasteiger partial charge is 0.360 e. The third-order valence-corrected chi connectivity index (χ3v) is 6.45. The second-order valence-electron chi connectivity index (χ2n) is 8.74. The number of hydrogen-bond acceptors (Lipinski definition) is 2. The monoisotopic (exact) mass is 431 g/mol. The van der Waals surface area contributed by atoms with E-state index in [-0.39, 0.29) is 5.82 Å². The molecular weight excluding hydrogens is 397 g/mol. The van der Waals surface area contributed by atoms with E-state index in [1.807, 2.05) is 36.7 Å². The van der Waals surface area contributed by atoms with Gasteiger partial charge >= 0.3 is 0 Å². The molecular formula is C28H34FN3. The first kappa shape index (κ1) is 22.5. The number of unbranched alkanes of at least 4 members (excludes halogenated alkanes) is 5. The van der Waals surface area contributed by atoms with Gasteiger partial charge in [0.2, 0.25) is 0 Å². The molecule has 2 aromatic heterocycles. The van der Waals surface area contributed by atoms with E-state index < -0.39 is 0 Å². The number of aromatic amines is 1. The van der Waals surface area contributed by atoms with Gasteiger partial charge < -0.3 is 4.98 Å². The normalized spacial score (nSPS) is 14.5. The zero-order valence-corrected chi connectivity index (χ0v) is 19.1. The third kappa shape index (κ3) is 5.55. The Bertz CT molecular complexity index is 1000. The summed E-state index contributed by atoms with van der Waals surface area (Å²) in [5.74, 6) is -0.216. The molecule has 4 heteroatoms. The lowest BCUT2D eigenvalue weighted by molar-refractivity contribution is 0.293. The topological polar surface area (TPSA) is 31.9 Å². The molecule has 1 aromatic carbocycles. The second kappa shape index (κ2) is 11.2. The summed E-state index contributed by atoms with van der Waals surface area (Å²) in [7, 11) is 0. The van der Waals surface area contributed by atoms with Gasteiger partial charge in [0.15, 0.2) is 0 Å². The average molecular weight is 432 g/mol. The van der Waals surface area contributed by atoms with Crippen molar-refractivity contribution in [2.75, 3.05) is 19.6 Å². The number of nitrogens with one attached hydrogen (secondary N) is 1. The quantitative estimate of drug-likeness (QED) is 0.341. The van der Waals surface area contributed by atoms with E-state index in [0.717, 1.165) is 36.3 Å². The highest BCUT2D eigenvalue weighted by Crippen LogP contribution is 2.39. The summed E-state index contributed by atoms with van der Waals surface area (Å²) in [5.41, 5.74) is 6.96. The molecule has 168 valence electrons. The second-order valence-corrected chi connectivity index (χ2v) is 8.74. The smallest absolute Gasteiger partial charge is 0.123 e.